The summed E-state index contributed by atoms with van der Waals surface area (Å²) in [5.74, 6) is -0.154. The molecule has 0 bridgehead atoms. The van der Waals surface area contributed by atoms with Crippen LogP contribution >= 0.6 is 11.6 Å². The average molecular weight is 270 g/mol. The average Bonchev–Trinajstić information content (AvgIpc) is 2.37. The van der Waals surface area contributed by atoms with Gasteiger partial charge in [-0.25, -0.2) is 4.79 Å². The van der Waals surface area contributed by atoms with Crippen molar-refractivity contribution in [3.63, 3.8) is 0 Å². The van der Waals surface area contributed by atoms with Crippen LogP contribution in [-0.2, 0) is 11.3 Å². The van der Waals surface area contributed by atoms with Gasteiger partial charge in [-0.05, 0) is 24.6 Å². The molecule has 0 saturated heterocycles. The van der Waals surface area contributed by atoms with Gasteiger partial charge >= 0.3 is 6.03 Å². The molecular formula is C12H16ClN3O2. The second kappa shape index (κ2) is 7.66. The Morgan fingerprint density at radius 3 is 2.61 bits per heavy atom. The Labute approximate surface area is 111 Å². The van der Waals surface area contributed by atoms with Crippen LogP contribution in [-0.4, -0.2) is 34.2 Å². The lowest BCUT2D eigenvalue weighted by Crippen LogP contribution is -2.42. The quantitative estimate of drug-likeness (QED) is 0.829. The number of nitrogens with one attached hydrogen (secondary N) is 1. The summed E-state index contributed by atoms with van der Waals surface area (Å²) in [5.41, 5.74) is 0.965. The number of imide groups is 1. The minimum atomic E-state index is -0.399. The maximum atomic E-state index is 11.8. The number of hydrogen-bond donors (Lipinski definition) is 1. The fourth-order valence-corrected chi connectivity index (χ4v) is 1.55. The third-order valence-corrected chi connectivity index (χ3v) is 2.55. The molecule has 0 unspecified atom stereocenters. The minimum absolute atomic E-state index is 0.139. The number of amides is 3. The Kier molecular flexibility index (Phi) is 6.14. The lowest BCUT2D eigenvalue weighted by Gasteiger charge is -2.20. The van der Waals surface area contributed by atoms with Gasteiger partial charge in [0.15, 0.2) is 0 Å². The van der Waals surface area contributed by atoms with Gasteiger partial charge in [-0.15, -0.1) is 11.6 Å². The molecule has 6 heteroatoms. The van der Waals surface area contributed by atoms with Gasteiger partial charge in [0.1, 0.15) is 0 Å². The number of pyridine rings is 1. The molecule has 1 N–H and O–H groups in total. The van der Waals surface area contributed by atoms with E-state index in [1.807, 2.05) is 19.1 Å². The van der Waals surface area contributed by atoms with Crippen molar-refractivity contribution >= 4 is 23.5 Å². The van der Waals surface area contributed by atoms with Crippen LogP contribution in [0.2, 0.25) is 0 Å². The SMILES string of the molecule is CCN(Cc1ccncc1)C(=O)NC(=O)CCCl. The van der Waals surface area contributed by atoms with Gasteiger partial charge in [-0.3, -0.25) is 15.1 Å². The van der Waals surface area contributed by atoms with Crippen LogP contribution in [0, 0.1) is 0 Å². The maximum absolute atomic E-state index is 11.8. The molecule has 0 saturated carbocycles. The molecule has 0 spiro atoms. The summed E-state index contributed by atoms with van der Waals surface area (Å²) in [6.45, 7) is 2.81. The van der Waals surface area contributed by atoms with Gasteiger partial charge < -0.3 is 4.90 Å². The Balaban J connectivity index is 2.55. The van der Waals surface area contributed by atoms with Crippen molar-refractivity contribution in [3.8, 4) is 0 Å². The van der Waals surface area contributed by atoms with E-state index in [4.69, 9.17) is 11.6 Å². The highest BCUT2D eigenvalue weighted by Crippen LogP contribution is 2.03. The van der Waals surface area contributed by atoms with E-state index in [-0.39, 0.29) is 18.2 Å². The van der Waals surface area contributed by atoms with Gasteiger partial charge in [-0.2, -0.15) is 0 Å². The molecular weight excluding hydrogens is 254 g/mol. The molecule has 0 aliphatic carbocycles. The van der Waals surface area contributed by atoms with E-state index in [0.29, 0.717) is 13.1 Å². The molecule has 5 nitrogen and oxygen atoms in total. The van der Waals surface area contributed by atoms with Crippen molar-refractivity contribution in [2.75, 3.05) is 12.4 Å². The zero-order valence-corrected chi connectivity index (χ0v) is 11.0. The Bertz CT molecular complexity index is 398. The lowest BCUT2D eigenvalue weighted by molar-refractivity contribution is -0.119. The first-order valence-corrected chi connectivity index (χ1v) is 6.24. The molecule has 3 amide bonds. The molecule has 1 heterocycles. The Hall–Kier alpha value is -1.62. The van der Waals surface area contributed by atoms with Crippen LogP contribution in [0.1, 0.15) is 18.9 Å². The van der Waals surface area contributed by atoms with Crippen LogP contribution in [0.4, 0.5) is 4.79 Å². The number of alkyl halides is 1. The number of rotatable bonds is 5. The van der Waals surface area contributed by atoms with Crippen molar-refractivity contribution in [2.24, 2.45) is 0 Å². The van der Waals surface area contributed by atoms with Crippen molar-refractivity contribution < 1.29 is 9.59 Å². The summed E-state index contributed by atoms with van der Waals surface area (Å²) in [5, 5.41) is 2.30. The van der Waals surface area contributed by atoms with Gasteiger partial charge in [0.25, 0.3) is 0 Å². The molecule has 0 radical (unpaired) electrons. The van der Waals surface area contributed by atoms with Crippen molar-refractivity contribution in [1.82, 2.24) is 15.2 Å². The first-order valence-electron chi connectivity index (χ1n) is 5.71. The molecule has 98 valence electrons. The summed E-state index contributed by atoms with van der Waals surface area (Å²) >= 11 is 5.43. The molecule has 1 aromatic heterocycles. The van der Waals surface area contributed by atoms with Gasteiger partial charge in [0.2, 0.25) is 5.91 Å². The van der Waals surface area contributed by atoms with E-state index in [0.717, 1.165) is 5.56 Å². The van der Waals surface area contributed by atoms with Gasteiger partial charge in [0, 0.05) is 37.8 Å². The highest BCUT2D eigenvalue weighted by molar-refractivity contribution is 6.19. The summed E-state index contributed by atoms with van der Waals surface area (Å²) < 4.78 is 0. The number of halogens is 1. The predicted molar refractivity (Wildman–Crippen MR) is 69.2 cm³/mol. The third kappa shape index (κ3) is 4.71. The van der Waals surface area contributed by atoms with Crippen LogP contribution in [0.3, 0.4) is 0 Å². The van der Waals surface area contributed by atoms with Crippen molar-refractivity contribution in [2.45, 2.75) is 19.9 Å². The molecule has 1 rings (SSSR count). The van der Waals surface area contributed by atoms with Crippen molar-refractivity contribution in [1.29, 1.82) is 0 Å². The van der Waals surface area contributed by atoms with Gasteiger partial charge in [-0.1, -0.05) is 0 Å². The molecule has 0 aromatic carbocycles. The second-order valence-electron chi connectivity index (χ2n) is 3.66. The summed E-state index contributed by atoms with van der Waals surface area (Å²) in [7, 11) is 0. The topological polar surface area (TPSA) is 62.3 Å². The zero-order valence-electron chi connectivity index (χ0n) is 10.2. The first kappa shape index (κ1) is 14.4. The van der Waals surface area contributed by atoms with Crippen LogP contribution in [0.25, 0.3) is 0 Å². The number of carbonyl (C=O) groups excluding carboxylic acids is 2. The fourth-order valence-electron chi connectivity index (χ4n) is 1.38. The smallest absolute Gasteiger partial charge is 0.320 e. The number of urea groups is 1. The standard InChI is InChI=1S/C12H16ClN3O2/c1-2-16(9-10-4-7-14-8-5-10)12(18)15-11(17)3-6-13/h4-5,7-8H,2-3,6,9H2,1H3,(H,15,17,18). The molecule has 0 atom stereocenters. The van der Waals surface area contributed by atoms with E-state index < -0.39 is 6.03 Å². The monoisotopic (exact) mass is 269 g/mol. The van der Waals surface area contributed by atoms with Crippen LogP contribution in [0.15, 0.2) is 24.5 Å². The largest absolute Gasteiger partial charge is 0.324 e. The molecule has 18 heavy (non-hydrogen) atoms. The van der Waals surface area contributed by atoms with E-state index >= 15 is 0 Å². The van der Waals surface area contributed by atoms with Crippen LogP contribution < -0.4 is 5.32 Å². The highest BCUT2D eigenvalue weighted by Gasteiger charge is 2.14. The minimum Gasteiger partial charge on any atom is -0.320 e. The molecule has 0 aliphatic heterocycles. The number of aromatic nitrogens is 1. The molecule has 0 fully saturated rings. The van der Waals surface area contributed by atoms with Gasteiger partial charge in [0.05, 0.1) is 0 Å². The van der Waals surface area contributed by atoms with E-state index in [1.54, 1.807) is 17.3 Å². The van der Waals surface area contributed by atoms with E-state index in [2.05, 4.69) is 10.3 Å². The molecule has 0 aliphatic rings. The Morgan fingerprint density at radius 1 is 1.39 bits per heavy atom. The number of nitrogens with zero attached hydrogens (tertiary/aromatic N) is 2. The molecule has 1 aromatic rings. The van der Waals surface area contributed by atoms with Crippen molar-refractivity contribution in [3.05, 3.63) is 30.1 Å². The predicted octanol–water partition coefficient (Wildman–Crippen LogP) is 1.77. The Morgan fingerprint density at radius 2 is 2.06 bits per heavy atom. The summed E-state index contributed by atoms with van der Waals surface area (Å²) in [6.07, 6.45) is 3.47. The fraction of sp³-hybridized carbons (Fsp3) is 0.417. The summed E-state index contributed by atoms with van der Waals surface area (Å²) in [6, 6.07) is 3.26. The van der Waals surface area contributed by atoms with E-state index in [1.165, 1.54) is 0 Å². The summed E-state index contributed by atoms with van der Waals surface area (Å²) in [4.78, 5) is 28.5. The number of carbonyl (C=O) groups is 2. The second-order valence-corrected chi connectivity index (χ2v) is 4.04. The highest BCUT2D eigenvalue weighted by atomic mass is 35.5. The maximum Gasteiger partial charge on any atom is 0.324 e. The van der Waals surface area contributed by atoms with Crippen LogP contribution in [0.5, 0.6) is 0 Å². The number of hydrogen-bond acceptors (Lipinski definition) is 3. The third-order valence-electron chi connectivity index (χ3n) is 2.36. The van der Waals surface area contributed by atoms with E-state index in [9.17, 15) is 9.59 Å². The first-order chi connectivity index (χ1) is 8.67. The normalized spacial score (nSPS) is 9.89. The zero-order chi connectivity index (χ0) is 13.4. The lowest BCUT2D eigenvalue weighted by atomic mass is 10.2.